The highest BCUT2D eigenvalue weighted by Crippen LogP contribution is 2.43. The van der Waals surface area contributed by atoms with Crippen LogP contribution in [-0.4, -0.2) is 25.0 Å². The van der Waals surface area contributed by atoms with Gasteiger partial charge < -0.3 is 23.7 Å². The second kappa shape index (κ2) is 8.73. The zero-order valence-electron chi connectivity index (χ0n) is 18.3. The Bertz CT molecular complexity index is 976. The van der Waals surface area contributed by atoms with Crippen molar-refractivity contribution in [1.29, 1.82) is 0 Å². The third-order valence-corrected chi connectivity index (χ3v) is 5.41. The molecule has 2 aliphatic rings. The summed E-state index contributed by atoms with van der Waals surface area (Å²) in [6, 6.07) is 13.7. The molecule has 2 aromatic carbocycles. The van der Waals surface area contributed by atoms with Gasteiger partial charge >= 0.3 is 5.97 Å². The van der Waals surface area contributed by atoms with Gasteiger partial charge in [-0.25, -0.2) is 4.79 Å². The minimum atomic E-state index is -0.776. The van der Waals surface area contributed by atoms with Crippen LogP contribution in [0.1, 0.15) is 50.0 Å². The highest BCUT2D eigenvalue weighted by Gasteiger charge is 2.38. The smallest absolute Gasteiger partial charge is 0.334 e. The molecule has 0 amide bonds. The number of esters is 1. The van der Waals surface area contributed by atoms with Crippen molar-refractivity contribution in [2.75, 3.05) is 7.11 Å². The minimum Gasteiger partial charge on any atom is -0.497 e. The van der Waals surface area contributed by atoms with Crippen molar-refractivity contribution in [1.82, 2.24) is 0 Å². The Hall–Kier alpha value is -2.83. The van der Waals surface area contributed by atoms with Crippen molar-refractivity contribution in [3.63, 3.8) is 0 Å². The molecule has 2 aliphatic heterocycles. The summed E-state index contributed by atoms with van der Waals surface area (Å²) in [5.41, 5.74) is 3.64. The topological polar surface area (TPSA) is 63.2 Å². The summed E-state index contributed by atoms with van der Waals surface area (Å²) < 4.78 is 29.0. The van der Waals surface area contributed by atoms with E-state index < -0.39 is 5.79 Å². The molecular weight excluding hydrogens is 396 g/mol. The second-order valence-corrected chi connectivity index (χ2v) is 8.31. The van der Waals surface area contributed by atoms with Crippen molar-refractivity contribution < 1.29 is 28.5 Å². The van der Waals surface area contributed by atoms with Gasteiger partial charge in [0.25, 0.3) is 0 Å². The van der Waals surface area contributed by atoms with Gasteiger partial charge in [-0.2, -0.15) is 0 Å². The number of hydrogen-bond donors (Lipinski definition) is 0. The van der Waals surface area contributed by atoms with E-state index in [9.17, 15) is 4.79 Å². The molecule has 2 aromatic rings. The Morgan fingerprint density at radius 1 is 1.06 bits per heavy atom. The molecule has 0 saturated carbocycles. The number of benzene rings is 2. The van der Waals surface area contributed by atoms with Gasteiger partial charge in [-0.1, -0.05) is 24.3 Å². The van der Waals surface area contributed by atoms with Gasteiger partial charge in [0.15, 0.2) is 0 Å². The van der Waals surface area contributed by atoms with Crippen molar-refractivity contribution >= 4 is 5.97 Å². The summed E-state index contributed by atoms with van der Waals surface area (Å²) in [6.45, 7) is 6.43. The van der Waals surface area contributed by atoms with Crippen molar-refractivity contribution in [2.24, 2.45) is 0 Å². The molecule has 0 saturated heterocycles. The van der Waals surface area contributed by atoms with Crippen LogP contribution in [0, 0.1) is 0 Å². The normalized spacial score (nSPS) is 21.7. The number of ether oxygens (including phenoxy) is 5. The first-order chi connectivity index (χ1) is 14.8. The lowest BCUT2D eigenvalue weighted by atomic mass is 9.95. The Kier molecular flexibility index (Phi) is 6.03. The van der Waals surface area contributed by atoms with E-state index in [4.69, 9.17) is 23.7 Å². The summed E-state index contributed by atoms with van der Waals surface area (Å²) in [7, 11) is 1.65. The van der Waals surface area contributed by atoms with E-state index in [1.165, 1.54) is 0 Å². The zero-order valence-corrected chi connectivity index (χ0v) is 18.3. The molecule has 31 heavy (non-hydrogen) atoms. The number of carbonyl (C=O) groups excluding carboxylic acids is 1. The lowest BCUT2D eigenvalue weighted by Crippen LogP contribution is -2.39. The van der Waals surface area contributed by atoms with Gasteiger partial charge in [-0.05, 0) is 42.3 Å². The maximum absolute atomic E-state index is 11.8. The quantitative estimate of drug-likeness (QED) is 0.592. The number of cyclic esters (lactones) is 1. The standard InChI is InChI=1S/C25H28O6/c1-16-12-20(29-24(16)26)13-22-23-18(6-5-7-21(23)30-25(2,3)31-22)15-28-14-17-8-10-19(27-4)11-9-17/h5-12,20,22H,13-15H2,1-4H3. The molecule has 0 spiro atoms. The molecule has 0 N–H and O–H groups in total. The molecule has 4 rings (SSSR count). The van der Waals surface area contributed by atoms with Gasteiger partial charge in [0.1, 0.15) is 17.6 Å². The van der Waals surface area contributed by atoms with E-state index in [0.717, 1.165) is 28.2 Å². The van der Waals surface area contributed by atoms with E-state index in [1.807, 2.05) is 62.4 Å². The first kappa shape index (κ1) is 21.4. The summed E-state index contributed by atoms with van der Waals surface area (Å²) in [4.78, 5) is 11.8. The second-order valence-electron chi connectivity index (χ2n) is 8.31. The van der Waals surface area contributed by atoms with Crippen LogP contribution < -0.4 is 9.47 Å². The number of rotatable bonds is 7. The maximum Gasteiger partial charge on any atom is 0.334 e. The van der Waals surface area contributed by atoms with E-state index >= 15 is 0 Å². The summed E-state index contributed by atoms with van der Waals surface area (Å²) in [6.07, 6.45) is 1.79. The largest absolute Gasteiger partial charge is 0.497 e. The van der Waals surface area contributed by atoms with Crippen LogP contribution in [0.15, 0.2) is 54.1 Å². The number of fused-ring (bicyclic) bond motifs is 1. The third-order valence-electron chi connectivity index (χ3n) is 5.41. The minimum absolute atomic E-state index is 0.271. The van der Waals surface area contributed by atoms with Crippen molar-refractivity contribution in [2.45, 2.75) is 58.4 Å². The van der Waals surface area contributed by atoms with Crippen LogP contribution in [0.3, 0.4) is 0 Å². The number of hydrogen-bond acceptors (Lipinski definition) is 6. The van der Waals surface area contributed by atoms with E-state index in [2.05, 4.69) is 0 Å². The van der Waals surface area contributed by atoms with Gasteiger partial charge in [0, 0.05) is 31.4 Å². The number of carbonyl (C=O) groups is 1. The highest BCUT2D eigenvalue weighted by atomic mass is 16.7. The fourth-order valence-electron chi connectivity index (χ4n) is 3.97. The Morgan fingerprint density at radius 2 is 1.84 bits per heavy atom. The van der Waals surface area contributed by atoms with Gasteiger partial charge in [-0.15, -0.1) is 0 Å². The molecule has 2 unspecified atom stereocenters. The average Bonchev–Trinajstić information content (AvgIpc) is 3.04. The fourth-order valence-corrected chi connectivity index (χ4v) is 3.97. The summed E-state index contributed by atoms with van der Waals surface area (Å²) >= 11 is 0. The van der Waals surface area contributed by atoms with Crippen LogP contribution in [0.2, 0.25) is 0 Å². The van der Waals surface area contributed by atoms with E-state index in [1.54, 1.807) is 14.0 Å². The fraction of sp³-hybridized carbons (Fsp3) is 0.400. The zero-order chi connectivity index (χ0) is 22.0. The molecule has 0 bridgehead atoms. The predicted molar refractivity (Wildman–Crippen MR) is 115 cm³/mol. The lowest BCUT2D eigenvalue weighted by Gasteiger charge is -2.39. The van der Waals surface area contributed by atoms with Crippen LogP contribution >= 0.6 is 0 Å². The molecule has 6 heteroatoms. The maximum atomic E-state index is 11.8. The van der Waals surface area contributed by atoms with Gasteiger partial charge in [0.2, 0.25) is 5.79 Å². The molecule has 0 radical (unpaired) electrons. The molecule has 6 nitrogen and oxygen atoms in total. The Labute approximate surface area is 182 Å². The first-order valence-electron chi connectivity index (χ1n) is 10.4. The van der Waals surface area contributed by atoms with Crippen LogP contribution in [0.4, 0.5) is 0 Å². The predicted octanol–water partition coefficient (Wildman–Crippen LogP) is 4.86. The third kappa shape index (κ3) is 4.92. The van der Waals surface area contributed by atoms with Crippen LogP contribution in [0.5, 0.6) is 11.5 Å². The number of methoxy groups -OCH3 is 1. The van der Waals surface area contributed by atoms with Crippen LogP contribution in [-0.2, 0) is 32.2 Å². The van der Waals surface area contributed by atoms with E-state index in [0.29, 0.717) is 25.2 Å². The molecular formula is C25H28O6. The molecule has 0 aromatic heterocycles. The average molecular weight is 424 g/mol. The molecule has 2 atom stereocenters. The SMILES string of the molecule is COc1ccc(COCc2cccc3c2C(CC2C=C(C)C(=O)O2)OC(C)(C)O3)cc1. The summed E-state index contributed by atoms with van der Waals surface area (Å²) in [5.74, 6) is 0.545. The van der Waals surface area contributed by atoms with Crippen LogP contribution in [0.25, 0.3) is 0 Å². The highest BCUT2D eigenvalue weighted by molar-refractivity contribution is 5.90. The monoisotopic (exact) mass is 424 g/mol. The Morgan fingerprint density at radius 3 is 2.52 bits per heavy atom. The first-order valence-corrected chi connectivity index (χ1v) is 10.4. The lowest BCUT2D eigenvalue weighted by molar-refractivity contribution is -0.212. The van der Waals surface area contributed by atoms with Crippen molar-refractivity contribution in [3.8, 4) is 11.5 Å². The molecule has 2 heterocycles. The molecule has 0 fully saturated rings. The summed E-state index contributed by atoms with van der Waals surface area (Å²) in [5, 5.41) is 0. The Balaban J connectivity index is 1.51. The van der Waals surface area contributed by atoms with E-state index in [-0.39, 0.29) is 18.2 Å². The van der Waals surface area contributed by atoms with Crippen molar-refractivity contribution in [3.05, 3.63) is 70.8 Å². The molecule has 0 aliphatic carbocycles. The van der Waals surface area contributed by atoms with Gasteiger partial charge in [-0.3, -0.25) is 0 Å². The molecule has 164 valence electrons. The van der Waals surface area contributed by atoms with Gasteiger partial charge in [0.05, 0.1) is 26.4 Å².